The molecule has 1 aromatic rings. The van der Waals surface area contributed by atoms with Gasteiger partial charge < -0.3 is 10.4 Å². The summed E-state index contributed by atoms with van der Waals surface area (Å²) in [5.41, 5.74) is 0.578. The molecule has 2 N–H and O–H groups in total. The van der Waals surface area contributed by atoms with E-state index in [0.717, 1.165) is 17.4 Å². The van der Waals surface area contributed by atoms with Crippen molar-refractivity contribution in [2.75, 3.05) is 0 Å². The van der Waals surface area contributed by atoms with Crippen molar-refractivity contribution >= 4 is 29.3 Å². The topological polar surface area (TPSA) is 66.4 Å². The Morgan fingerprint density at radius 1 is 1.47 bits per heavy atom. The van der Waals surface area contributed by atoms with Gasteiger partial charge in [-0.3, -0.25) is 4.79 Å². The summed E-state index contributed by atoms with van der Waals surface area (Å²) < 4.78 is 0. The highest BCUT2D eigenvalue weighted by molar-refractivity contribution is 7.11. The highest BCUT2D eigenvalue weighted by Crippen LogP contribution is 2.17. The molecule has 1 amide bonds. The second-order valence-electron chi connectivity index (χ2n) is 4.64. The minimum Gasteiger partial charge on any atom is -0.478 e. The van der Waals surface area contributed by atoms with Crippen molar-refractivity contribution in [3.8, 4) is 0 Å². The van der Waals surface area contributed by atoms with Crippen LogP contribution in [0.15, 0.2) is 17.5 Å². The third kappa shape index (κ3) is 4.87. The van der Waals surface area contributed by atoms with Gasteiger partial charge in [-0.1, -0.05) is 20.8 Å². The molecular formula is C14H19NO3S. The van der Waals surface area contributed by atoms with Gasteiger partial charge in [0.25, 0.3) is 5.91 Å². The van der Waals surface area contributed by atoms with Gasteiger partial charge in [-0.2, -0.15) is 0 Å². The average Bonchev–Trinajstić information content (AvgIpc) is 2.81. The molecule has 0 aliphatic heterocycles. The number of carbonyl (C=O) groups is 2. The first-order valence-corrected chi connectivity index (χ1v) is 7.12. The molecule has 1 unspecified atom stereocenters. The largest absolute Gasteiger partial charge is 0.478 e. The summed E-state index contributed by atoms with van der Waals surface area (Å²) in [5.74, 6) is -0.712. The van der Waals surface area contributed by atoms with Crippen molar-refractivity contribution < 1.29 is 14.7 Å². The standard InChI is InChI=1S/C14H19NO3S/c1-4-12(9(2)3)15-14(18)10-7-11(19-8-10)5-6-13(16)17/h5-9,12H,4H2,1-3H3,(H,15,18)(H,16,17). The predicted octanol–water partition coefficient (Wildman–Crippen LogP) is 3.01. The van der Waals surface area contributed by atoms with Crippen LogP contribution in [0, 0.1) is 5.92 Å². The van der Waals surface area contributed by atoms with Crippen LogP contribution in [0.5, 0.6) is 0 Å². The molecule has 0 radical (unpaired) electrons. The fourth-order valence-electron chi connectivity index (χ4n) is 1.70. The summed E-state index contributed by atoms with van der Waals surface area (Å²) in [6.07, 6.45) is 3.44. The monoisotopic (exact) mass is 281 g/mol. The van der Waals surface area contributed by atoms with E-state index in [0.29, 0.717) is 11.5 Å². The van der Waals surface area contributed by atoms with Gasteiger partial charge in [-0.05, 0) is 24.5 Å². The Morgan fingerprint density at radius 3 is 2.68 bits per heavy atom. The molecule has 0 spiro atoms. The van der Waals surface area contributed by atoms with E-state index in [1.807, 2.05) is 6.92 Å². The van der Waals surface area contributed by atoms with Crippen molar-refractivity contribution in [3.05, 3.63) is 28.0 Å². The van der Waals surface area contributed by atoms with Crippen LogP contribution >= 0.6 is 11.3 Å². The molecule has 4 nitrogen and oxygen atoms in total. The maximum atomic E-state index is 12.0. The third-order valence-corrected chi connectivity index (χ3v) is 3.73. The number of amides is 1. The number of carboxylic acid groups (broad SMARTS) is 1. The number of rotatable bonds is 6. The lowest BCUT2D eigenvalue weighted by Crippen LogP contribution is -2.37. The molecule has 0 aliphatic rings. The van der Waals surface area contributed by atoms with Gasteiger partial charge in [0, 0.05) is 22.4 Å². The maximum Gasteiger partial charge on any atom is 0.328 e. The van der Waals surface area contributed by atoms with E-state index in [4.69, 9.17) is 5.11 Å². The summed E-state index contributed by atoms with van der Waals surface area (Å²) in [6, 6.07) is 1.86. The van der Waals surface area contributed by atoms with E-state index in [-0.39, 0.29) is 11.9 Å². The lowest BCUT2D eigenvalue weighted by molar-refractivity contribution is -0.131. The minimum absolute atomic E-state index is 0.105. The first kappa shape index (κ1) is 15.4. The van der Waals surface area contributed by atoms with Gasteiger partial charge in [0.15, 0.2) is 0 Å². The fraction of sp³-hybridized carbons (Fsp3) is 0.429. The molecule has 0 saturated carbocycles. The molecule has 1 heterocycles. The summed E-state index contributed by atoms with van der Waals surface area (Å²) in [5, 5.41) is 13.3. The van der Waals surface area contributed by atoms with E-state index in [1.54, 1.807) is 11.4 Å². The van der Waals surface area contributed by atoms with Crippen LogP contribution < -0.4 is 5.32 Å². The quantitative estimate of drug-likeness (QED) is 0.788. The maximum absolute atomic E-state index is 12.0. The smallest absolute Gasteiger partial charge is 0.328 e. The van der Waals surface area contributed by atoms with Crippen LogP contribution in [0.1, 0.15) is 42.4 Å². The van der Waals surface area contributed by atoms with E-state index in [9.17, 15) is 9.59 Å². The molecule has 0 bridgehead atoms. The highest BCUT2D eigenvalue weighted by Gasteiger charge is 2.15. The molecule has 0 saturated heterocycles. The molecule has 0 aromatic carbocycles. The number of thiophene rings is 1. The normalized spacial score (nSPS) is 12.8. The zero-order valence-electron chi connectivity index (χ0n) is 11.3. The van der Waals surface area contributed by atoms with E-state index >= 15 is 0 Å². The minimum atomic E-state index is -0.995. The second-order valence-corrected chi connectivity index (χ2v) is 5.58. The van der Waals surface area contributed by atoms with Crippen LogP contribution in [0.4, 0.5) is 0 Å². The molecular weight excluding hydrogens is 262 g/mol. The van der Waals surface area contributed by atoms with Crippen molar-refractivity contribution in [1.82, 2.24) is 5.32 Å². The van der Waals surface area contributed by atoms with Crippen LogP contribution in [-0.4, -0.2) is 23.0 Å². The number of aliphatic carboxylic acids is 1. The van der Waals surface area contributed by atoms with Crippen molar-refractivity contribution in [2.45, 2.75) is 33.2 Å². The number of nitrogens with one attached hydrogen (secondary N) is 1. The van der Waals surface area contributed by atoms with E-state index in [2.05, 4.69) is 19.2 Å². The first-order chi connectivity index (χ1) is 8.93. The Balaban J connectivity index is 2.70. The lowest BCUT2D eigenvalue weighted by atomic mass is 10.0. The molecule has 0 aliphatic carbocycles. The van der Waals surface area contributed by atoms with Crippen molar-refractivity contribution in [3.63, 3.8) is 0 Å². The zero-order chi connectivity index (χ0) is 14.4. The molecule has 0 fully saturated rings. The van der Waals surface area contributed by atoms with Crippen LogP contribution in [0.2, 0.25) is 0 Å². The van der Waals surface area contributed by atoms with Crippen LogP contribution in [0.25, 0.3) is 6.08 Å². The lowest BCUT2D eigenvalue weighted by Gasteiger charge is -2.20. The first-order valence-electron chi connectivity index (χ1n) is 6.24. The van der Waals surface area contributed by atoms with Crippen molar-refractivity contribution in [2.24, 2.45) is 5.92 Å². The second kappa shape index (κ2) is 7.09. The third-order valence-electron chi connectivity index (χ3n) is 2.83. The number of carboxylic acids is 1. The van der Waals surface area contributed by atoms with Crippen LogP contribution in [-0.2, 0) is 4.79 Å². The number of hydrogen-bond acceptors (Lipinski definition) is 3. The van der Waals surface area contributed by atoms with Gasteiger partial charge in [0.2, 0.25) is 0 Å². The summed E-state index contributed by atoms with van der Waals surface area (Å²) in [6.45, 7) is 6.19. The van der Waals surface area contributed by atoms with E-state index < -0.39 is 5.97 Å². The number of carbonyl (C=O) groups excluding carboxylic acids is 1. The fourth-order valence-corrected chi connectivity index (χ4v) is 2.48. The van der Waals surface area contributed by atoms with Crippen LogP contribution in [0.3, 0.4) is 0 Å². The number of hydrogen-bond donors (Lipinski definition) is 2. The Hall–Kier alpha value is -1.62. The van der Waals surface area contributed by atoms with Crippen molar-refractivity contribution in [1.29, 1.82) is 0 Å². The molecule has 1 atom stereocenters. The summed E-state index contributed by atoms with van der Waals surface area (Å²) in [4.78, 5) is 23.2. The average molecular weight is 281 g/mol. The van der Waals surface area contributed by atoms with Gasteiger partial charge in [0.05, 0.1) is 5.56 Å². The molecule has 1 rings (SSSR count). The summed E-state index contributed by atoms with van der Waals surface area (Å²) >= 11 is 1.35. The Morgan fingerprint density at radius 2 is 2.16 bits per heavy atom. The molecule has 19 heavy (non-hydrogen) atoms. The summed E-state index contributed by atoms with van der Waals surface area (Å²) in [7, 11) is 0. The van der Waals surface area contributed by atoms with Gasteiger partial charge >= 0.3 is 5.97 Å². The Labute approximate surface area is 117 Å². The SMILES string of the molecule is CCC(NC(=O)c1csc(C=CC(=O)O)c1)C(C)C. The molecule has 1 aromatic heterocycles. The zero-order valence-corrected chi connectivity index (χ0v) is 12.2. The molecule has 104 valence electrons. The Bertz CT molecular complexity index is 477. The van der Waals surface area contributed by atoms with Gasteiger partial charge in [-0.25, -0.2) is 4.79 Å². The van der Waals surface area contributed by atoms with Gasteiger partial charge in [-0.15, -0.1) is 11.3 Å². The van der Waals surface area contributed by atoms with E-state index in [1.165, 1.54) is 17.4 Å². The Kier molecular flexibility index (Phi) is 5.76. The molecule has 5 heteroatoms. The predicted molar refractivity (Wildman–Crippen MR) is 77.4 cm³/mol. The highest BCUT2D eigenvalue weighted by atomic mass is 32.1. The van der Waals surface area contributed by atoms with Gasteiger partial charge in [0.1, 0.15) is 0 Å².